The highest BCUT2D eigenvalue weighted by atomic mass is 16.5. The number of fused-ring (bicyclic) bond motifs is 1. The van der Waals surface area contributed by atoms with Crippen molar-refractivity contribution in [1.82, 2.24) is 0 Å². The standard InChI is InChI=1S/C12H15NO3/c1-16-10-5-3-8-2-4-9(6-12(14)15)13-11(8)7-10/h3,5,7,9,13H,2,4,6H2,1H3,(H,14,15). The molecule has 0 aromatic heterocycles. The fraction of sp³-hybridized carbons (Fsp3) is 0.417. The summed E-state index contributed by atoms with van der Waals surface area (Å²) in [5.41, 5.74) is 2.22. The predicted molar refractivity (Wildman–Crippen MR) is 61.0 cm³/mol. The second-order valence-electron chi connectivity index (χ2n) is 4.00. The van der Waals surface area contributed by atoms with E-state index in [2.05, 4.69) is 5.32 Å². The van der Waals surface area contributed by atoms with Crippen LogP contribution >= 0.6 is 0 Å². The topological polar surface area (TPSA) is 58.6 Å². The normalized spacial score (nSPS) is 18.4. The number of benzene rings is 1. The first-order valence-electron chi connectivity index (χ1n) is 5.34. The van der Waals surface area contributed by atoms with Gasteiger partial charge in [0, 0.05) is 17.8 Å². The molecule has 0 bridgehead atoms. The van der Waals surface area contributed by atoms with E-state index in [0.29, 0.717) is 0 Å². The Morgan fingerprint density at radius 1 is 1.62 bits per heavy atom. The summed E-state index contributed by atoms with van der Waals surface area (Å²) in [6, 6.07) is 5.90. The maximum absolute atomic E-state index is 10.6. The average molecular weight is 221 g/mol. The summed E-state index contributed by atoms with van der Waals surface area (Å²) >= 11 is 0. The first kappa shape index (κ1) is 10.8. The molecular weight excluding hydrogens is 206 g/mol. The Hall–Kier alpha value is -1.71. The fourth-order valence-corrected chi connectivity index (χ4v) is 2.02. The lowest BCUT2D eigenvalue weighted by atomic mass is 9.96. The van der Waals surface area contributed by atoms with Crippen LogP contribution in [0.2, 0.25) is 0 Å². The molecule has 1 aliphatic heterocycles. The first-order valence-corrected chi connectivity index (χ1v) is 5.34. The van der Waals surface area contributed by atoms with Crippen molar-refractivity contribution in [2.45, 2.75) is 25.3 Å². The van der Waals surface area contributed by atoms with E-state index in [9.17, 15) is 4.79 Å². The van der Waals surface area contributed by atoms with E-state index in [1.165, 1.54) is 5.56 Å². The molecular formula is C12H15NO3. The molecule has 1 aromatic carbocycles. The van der Waals surface area contributed by atoms with E-state index in [-0.39, 0.29) is 12.5 Å². The molecule has 0 fully saturated rings. The highest BCUT2D eigenvalue weighted by molar-refractivity contribution is 5.69. The van der Waals surface area contributed by atoms with Gasteiger partial charge in [0.05, 0.1) is 13.5 Å². The molecule has 1 atom stereocenters. The molecule has 16 heavy (non-hydrogen) atoms. The number of carboxylic acids is 1. The van der Waals surface area contributed by atoms with Gasteiger partial charge in [-0.05, 0) is 24.5 Å². The Morgan fingerprint density at radius 3 is 3.12 bits per heavy atom. The van der Waals surface area contributed by atoms with Gasteiger partial charge >= 0.3 is 5.97 Å². The minimum absolute atomic E-state index is 0.0251. The summed E-state index contributed by atoms with van der Waals surface area (Å²) in [6.07, 6.45) is 1.95. The average Bonchev–Trinajstić information content (AvgIpc) is 2.27. The molecule has 0 spiro atoms. The number of carboxylic acid groups (broad SMARTS) is 1. The summed E-state index contributed by atoms with van der Waals surface area (Å²) in [5.74, 6) is 0.0334. The van der Waals surface area contributed by atoms with E-state index < -0.39 is 5.97 Å². The van der Waals surface area contributed by atoms with Crippen LogP contribution in [0, 0.1) is 0 Å². The Labute approximate surface area is 94.2 Å². The largest absolute Gasteiger partial charge is 0.497 e. The van der Waals surface area contributed by atoms with Gasteiger partial charge in [0.25, 0.3) is 0 Å². The molecule has 0 amide bonds. The van der Waals surface area contributed by atoms with Crippen LogP contribution in [0.15, 0.2) is 18.2 Å². The minimum Gasteiger partial charge on any atom is -0.497 e. The molecule has 0 aliphatic carbocycles. The molecule has 1 aromatic rings. The van der Waals surface area contributed by atoms with Gasteiger partial charge in [0.1, 0.15) is 5.75 Å². The van der Waals surface area contributed by atoms with Gasteiger partial charge in [-0.3, -0.25) is 4.79 Å². The Balaban J connectivity index is 2.14. The van der Waals surface area contributed by atoms with Crippen LogP contribution in [0.5, 0.6) is 5.75 Å². The van der Waals surface area contributed by atoms with Crippen LogP contribution in [0.3, 0.4) is 0 Å². The van der Waals surface area contributed by atoms with Crippen LogP contribution in [0.25, 0.3) is 0 Å². The molecule has 0 saturated heterocycles. The van der Waals surface area contributed by atoms with Crippen molar-refractivity contribution in [3.8, 4) is 5.75 Å². The van der Waals surface area contributed by atoms with E-state index in [0.717, 1.165) is 24.3 Å². The summed E-state index contributed by atoms with van der Waals surface area (Å²) in [7, 11) is 1.62. The van der Waals surface area contributed by atoms with Gasteiger partial charge < -0.3 is 15.2 Å². The number of ether oxygens (including phenoxy) is 1. The Bertz CT molecular complexity index is 403. The van der Waals surface area contributed by atoms with Crippen molar-refractivity contribution in [3.63, 3.8) is 0 Å². The van der Waals surface area contributed by atoms with Gasteiger partial charge in [-0.2, -0.15) is 0 Å². The van der Waals surface area contributed by atoms with Gasteiger partial charge in [-0.15, -0.1) is 0 Å². The first-order chi connectivity index (χ1) is 7.69. The maximum atomic E-state index is 10.6. The number of hydrogen-bond acceptors (Lipinski definition) is 3. The van der Waals surface area contributed by atoms with Crippen LogP contribution in [-0.4, -0.2) is 24.2 Å². The SMILES string of the molecule is COc1ccc2c(c1)NC(CC(=O)O)CC2. The van der Waals surface area contributed by atoms with Crippen molar-refractivity contribution in [2.24, 2.45) is 0 Å². The van der Waals surface area contributed by atoms with Gasteiger partial charge in [-0.1, -0.05) is 6.07 Å². The number of carbonyl (C=O) groups is 1. The molecule has 1 unspecified atom stereocenters. The lowest BCUT2D eigenvalue weighted by Crippen LogP contribution is -2.27. The van der Waals surface area contributed by atoms with Crippen LogP contribution < -0.4 is 10.1 Å². The minimum atomic E-state index is -0.760. The van der Waals surface area contributed by atoms with Crippen LogP contribution in [-0.2, 0) is 11.2 Å². The Kier molecular flexibility index (Phi) is 2.99. The third-order valence-corrected chi connectivity index (χ3v) is 2.86. The zero-order valence-corrected chi connectivity index (χ0v) is 9.19. The number of hydrogen-bond donors (Lipinski definition) is 2. The zero-order valence-electron chi connectivity index (χ0n) is 9.19. The monoisotopic (exact) mass is 221 g/mol. The molecule has 0 radical (unpaired) electrons. The van der Waals surface area contributed by atoms with Crippen molar-refractivity contribution in [2.75, 3.05) is 12.4 Å². The Morgan fingerprint density at radius 2 is 2.44 bits per heavy atom. The van der Waals surface area contributed by atoms with Crippen molar-refractivity contribution in [3.05, 3.63) is 23.8 Å². The predicted octanol–water partition coefficient (Wildman–Crippen LogP) is 1.90. The summed E-state index contributed by atoms with van der Waals surface area (Å²) in [6.45, 7) is 0. The number of nitrogens with one attached hydrogen (secondary N) is 1. The van der Waals surface area contributed by atoms with E-state index >= 15 is 0 Å². The summed E-state index contributed by atoms with van der Waals surface area (Å²) in [4.78, 5) is 10.6. The molecule has 86 valence electrons. The van der Waals surface area contributed by atoms with Crippen molar-refractivity contribution in [1.29, 1.82) is 0 Å². The van der Waals surface area contributed by atoms with Crippen LogP contribution in [0.4, 0.5) is 5.69 Å². The molecule has 1 aliphatic rings. The van der Waals surface area contributed by atoms with E-state index in [1.807, 2.05) is 18.2 Å². The molecule has 2 N–H and O–H groups in total. The number of anilines is 1. The van der Waals surface area contributed by atoms with Gasteiger partial charge in [-0.25, -0.2) is 0 Å². The third kappa shape index (κ3) is 2.27. The highest BCUT2D eigenvalue weighted by Crippen LogP contribution is 2.29. The summed E-state index contributed by atoms with van der Waals surface area (Å²) < 4.78 is 5.14. The lowest BCUT2D eigenvalue weighted by Gasteiger charge is -2.26. The van der Waals surface area contributed by atoms with E-state index in [4.69, 9.17) is 9.84 Å². The molecule has 4 heteroatoms. The quantitative estimate of drug-likeness (QED) is 0.818. The number of methoxy groups -OCH3 is 1. The maximum Gasteiger partial charge on any atom is 0.305 e. The number of aliphatic carboxylic acids is 1. The molecule has 0 saturated carbocycles. The molecule has 1 heterocycles. The number of aryl methyl sites for hydroxylation is 1. The summed E-state index contributed by atoms with van der Waals surface area (Å²) in [5, 5.41) is 12.0. The number of rotatable bonds is 3. The molecule has 2 rings (SSSR count). The lowest BCUT2D eigenvalue weighted by molar-refractivity contribution is -0.137. The zero-order chi connectivity index (χ0) is 11.5. The van der Waals surface area contributed by atoms with Crippen molar-refractivity contribution < 1.29 is 14.6 Å². The second-order valence-corrected chi connectivity index (χ2v) is 4.00. The van der Waals surface area contributed by atoms with Gasteiger partial charge in [0.15, 0.2) is 0 Å². The smallest absolute Gasteiger partial charge is 0.305 e. The van der Waals surface area contributed by atoms with E-state index in [1.54, 1.807) is 7.11 Å². The fourth-order valence-electron chi connectivity index (χ4n) is 2.02. The molecule has 4 nitrogen and oxygen atoms in total. The van der Waals surface area contributed by atoms with Crippen LogP contribution in [0.1, 0.15) is 18.4 Å². The highest BCUT2D eigenvalue weighted by Gasteiger charge is 2.20. The second kappa shape index (κ2) is 4.43. The third-order valence-electron chi connectivity index (χ3n) is 2.86. The van der Waals surface area contributed by atoms with Gasteiger partial charge in [0.2, 0.25) is 0 Å². The van der Waals surface area contributed by atoms with Crippen molar-refractivity contribution >= 4 is 11.7 Å².